The summed E-state index contributed by atoms with van der Waals surface area (Å²) in [5, 5.41) is 17.6. The van der Waals surface area contributed by atoms with Gasteiger partial charge >= 0.3 is 0 Å². The van der Waals surface area contributed by atoms with Gasteiger partial charge in [-0.3, -0.25) is 0 Å². The molecule has 2 aromatic rings. The lowest BCUT2D eigenvalue weighted by Crippen LogP contribution is -2.16. The Morgan fingerprint density at radius 2 is 2.50 bits per heavy atom. The van der Waals surface area contributed by atoms with Gasteiger partial charge in [0.1, 0.15) is 0 Å². The fourth-order valence-corrected chi connectivity index (χ4v) is 2.60. The number of hydrogen-bond acceptors (Lipinski definition) is 6. The van der Waals surface area contributed by atoms with Crippen molar-refractivity contribution in [3.05, 3.63) is 22.4 Å². The van der Waals surface area contributed by atoms with Crippen LogP contribution in [0.1, 0.15) is 4.88 Å². The summed E-state index contributed by atoms with van der Waals surface area (Å²) >= 11 is 3.43. The van der Waals surface area contributed by atoms with E-state index < -0.39 is 0 Å². The smallest absolute Gasteiger partial charge is 0.209 e. The first-order valence-corrected chi connectivity index (χ1v) is 6.81. The molecule has 1 N–H and O–H groups in total. The lowest BCUT2D eigenvalue weighted by Gasteiger charge is -2.01. The number of nitrogens with one attached hydrogen (secondary N) is 1. The Kier molecular flexibility index (Phi) is 4.32. The Morgan fingerprint density at radius 1 is 1.56 bits per heavy atom. The maximum Gasteiger partial charge on any atom is 0.209 e. The van der Waals surface area contributed by atoms with Crippen LogP contribution in [0.4, 0.5) is 0 Å². The van der Waals surface area contributed by atoms with E-state index in [1.807, 2.05) is 7.05 Å². The van der Waals surface area contributed by atoms with Crippen LogP contribution < -0.4 is 5.32 Å². The van der Waals surface area contributed by atoms with Crippen molar-refractivity contribution in [2.45, 2.75) is 11.7 Å². The molecule has 5 nitrogen and oxygen atoms in total. The van der Waals surface area contributed by atoms with Crippen molar-refractivity contribution in [2.24, 2.45) is 7.05 Å². The summed E-state index contributed by atoms with van der Waals surface area (Å²) in [5.74, 6) is 0.972. The molecule has 0 aliphatic heterocycles. The fraction of sp³-hybridized carbons (Fsp3) is 0.444. The van der Waals surface area contributed by atoms with Gasteiger partial charge in [-0.1, -0.05) is 17.8 Å². The molecule has 0 atom stereocenters. The molecular formula is C9H13N5S2. The molecule has 2 aromatic heterocycles. The lowest BCUT2D eigenvalue weighted by atomic mass is 10.4. The van der Waals surface area contributed by atoms with Crippen LogP contribution in [0.15, 0.2) is 22.7 Å². The van der Waals surface area contributed by atoms with Crippen molar-refractivity contribution in [2.75, 3.05) is 12.3 Å². The third kappa shape index (κ3) is 3.29. The molecule has 7 heteroatoms. The lowest BCUT2D eigenvalue weighted by molar-refractivity contribution is 0.663. The van der Waals surface area contributed by atoms with Crippen LogP contribution in [0.25, 0.3) is 0 Å². The molecule has 0 aromatic carbocycles. The third-order valence-electron chi connectivity index (χ3n) is 1.97. The monoisotopic (exact) mass is 255 g/mol. The third-order valence-corrected chi connectivity index (χ3v) is 3.86. The Hall–Kier alpha value is -0.920. The summed E-state index contributed by atoms with van der Waals surface area (Å²) < 4.78 is 1.68. The first-order valence-electron chi connectivity index (χ1n) is 4.94. The predicted octanol–water partition coefficient (Wildman–Crippen LogP) is 1.15. The van der Waals surface area contributed by atoms with Crippen molar-refractivity contribution in [1.29, 1.82) is 0 Å². The van der Waals surface area contributed by atoms with E-state index in [1.165, 1.54) is 4.88 Å². The van der Waals surface area contributed by atoms with E-state index in [2.05, 4.69) is 38.4 Å². The van der Waals surface area contributed by atoms with Crippen LogP contribution in [0.2, 0.25) is 0 Å². The summed E-state index contributed by atoms with van der Waals surface area (Å²) in [6.07, 6.45) is 0. The van der Waals surface area contributed by atoms with Gasteiger partial charge in [0, 0.05) is 30.8 Å². The van der Waals surface area contributed by atoms with E-state index in [0.717, 1.165) is 24.0 Å². The van der Waals surface area contributed by atoms with Gasteiger partial charge < -0.3 is 5.32 Å². The topological polar surface area (TPSA) is 55.6 Å². The van der Waals surface area contributed by atoms with Gasteiger partial charge in [-0.2, -0.15) is 0 Å². The van der Waals surface area contributed by atoms with E-state index >= 15 is 0 Å². The van der Waals surface area contributed by atoms with Gasteiger partial charge in [-0.15, -0.1) is 16.4 Å². The first kappa shape index (κ1) is 11.6. The van der Waals surface area contributed by atoms with E-state index in [1.54, 1.807) is 27.8 Å². The molecule has 0 fully saturated rings. The molecule has 16 heavy (non-hydrogen) atoms. The minimum atomic E-state index is 0.859. The highest BCUT2D eigenvalue weighted by Crippen LogP contribution is 2.11. The van der Waals surface area contributed by atoms with Gasteiger partial charge in [0.15, 0.2) is 0 Å². The summed E-state index contributed by atoms with van der Waals surface area (Å²) in [6.45, 7) is 1.89. The predicted molar refractivity (Wildman–Crippen MR) is 65.5 cm³/mol. The Morgan fingerprint density at radius 3 is 3.19 bits per heavy atom. The van der Waals surface area contributed by atoms with Gasteiger partial charge in [0.2, 0.25) is 5.16 Å². The van der Waals surface area contributed by atoms with Crippen molar-refractivity contribution < 1.29 is 0 Å². The summed E-state index contributed by atoms with van der Waals surface area (Å²) in [6, 6.07) is 4.21. The van der Waals surface area contributed by atoms with Crippen LogP contribution in [0.3, 0.4) is 0 Å². The van der Waals surface area contributed by atoms with Gasteiger partial charge in [-0.05, 0) is 21.9 Å². The number of aromatic nitrogens is 4. The minimum Gasteiger partial charge on any atom is -0.311 e. The molecule has 0 unspecified atom stereocenters. The largest absolute Gasteiger partial charge is 0.311 e. The second-order valence-corrected chi connectivity index (χ2v) is 5.28. The number of thiophene rings is 1. The van der Waals surface area contributed by atoms with E-state index in [4.69, 9.17) is 0 Å². The van der Waals surface area contributed by atoms with Crippen molar-refractivity contribution in [1.82, 2.24) is 25.5 Å². The zero-order valence-corrected chi connectivity index (χ0v) is 10.6. The molecular weight excluding hydrogens is 242 g/mol. The molecule has 0 radical (unpaired) electrons. The second-order valence-electron chi connectivity index (χ2n) is 3.19. The highest BCUT2D eigenvalue weighted by atomic mass is 32.2. The Labute approximate surface area is 102 Å². The molecule has 2 rings (SSSR count). The van der Waals surface area contributed by atoms with E-state index in [-0.39, 0.29) is 0 Å². The van der Waals surface area contributed by atoms with Crippen LogP contribution >= 0.6 is 23.1 Å². The molecule has 0 aliphatic rings. The van der Waals surface area contributed by atoms with Crippen LogP contribution in [-0.2, 0) is 13.6 Å². The Balaban J connectivity index is 1.61. The van der Waals surface area contributed by atoms with E-state index in [9.17, 15) is 0 Å². The van der Waals surface area contributed by atoms with Crippen LogP contribution in [-0.4, -0.2) is 32.5 Å². The molecule has 0 saturated carbocycles. The molecule has 0 bridgehead atoms. The number of rotatable bonds is 6. The Bertz CT molecular complexity index is 411. The maximum absolute atomic E-state index is 3.90. The average molecular weight is 255 g/mol. The highest BCUT2D eigenvalue weighted by Gasteiger charge is 2.01. The SMILES string of the molecule is Cn1nnnc1SCCNCc1cccs1. The molecule has 0 spiro atoms. The molecule has 2 heterocycles. The van der Waals surface area contributed by atoms with E-state index in [0.29, 0.717) is 0 Å². The number of aryl methyl sites for hydroxylation is 1. The van der Waals surface area contributed by atoms with Gasteiger partial charge in [-0.25, -0.2) is 4.68 Å². The van der Waals surface area contributed by atoms with Crippen molar-refractivity contribution >= 4 is 23.1 Å². The summed E-state index contributed by atoms with van der Waals surface area (Å²) in [4.78, 5) is 1.37. The van der Waals surface area contributed by atoms with Crippen LogP contribution in [0.5, 0.6) is 0 Å². The highest BCUT2D eigenvalue weighted by molar-refractivity contribution is 7.99. The van der Waals surface area contributed by atoms with Gasteiger partial charge in [0.25, 0.3) is 0 Å². The zero-order chi connectivity index (χ0) is 11.2. The normalized spacial score (nSPS) is 10.8. The number of tetrazole rings is 1. The number of hydrogen-bond donors (Lipinski definition) is 1. The molecule has 0 saturated heterocycles. The number of nitrogens with zero attached hydrogens (tertiary/aromatic N) is 4. The minimum absolute atomic E-state index is 0.859. The van der Waals surface area contributed by atoms with Gasteiger partial charge in [0.05, 0.1) is 0 Å². The quantitative estimate of drug-likeness (QED) is 0.620. The molecule has 0 aliphatic carbocycles. The summed E-state index contributed by atoms with van der Waals surface area (Å²) in [5.41, 5.74) is 0. The zero-order valence-electron chi connectivity index (χ0n) is 8.96. The van der Waals surface area contributed by atoms with Crippen molar-refractivity contribution in [3.63, 3.8) is 0 Å². The average Bonchev–Trinajstić information content (AvgIpc) is 2.90. The molecule has 86 valence electrons. The van der Waals surface area contributed by atoms with Crippen LogP contribution in [0, 0.1) is 0 Å². The second kappa shape index (κ2) is 5.97. The fourth-order valence-electron chi connectivity index (χ4n) is 1.18. The molecule has 0 amide bonds. The standard InChI is InChI=1S/C9H13N5S2/c1-14-9(11-12-13-14)16-6-4-10-7-8-3-2-5-15-8/h2-3,5,10H,4,6-7H2,1H3. The first-order chi connectivity index (χ1) is 7.86. The number of thioether (sulfide) groups is 1. The maximum atomic E-state index is 3.90. The van der Waals surface area contributed by atoms with Crippen molar-refractivity contribution in [3.8, 4) is 0 Å². The summed E-state index contributed by atoms with van der Waals surface area (Å²) in [7, 11) is 1.85.